The molecule has 0 radical (unpaired) electrons. The van der Waals surface area contributed by atoms with E-state index in [4.69, 9.17) is 4.98 Å². The van der Waals surface area contributed by atoms with Crippen LogP contribution in [-0.4, -0.2) is 15.1 Å². The molecular weight excluding hydrogens is 224 g/mol. The van der Waals surface area contributed by atoms with Crippen LogP contribution in [0.15, 0.2) is 6.20 Å². The molecule has 2 bridgehead atoms. The lowest BCUT2D eigenvalue weighted by atomic mass is 9.88. The maximum absolute atomic E-state index is 9.33. The highest BCUT2D eigenvalue weighted by Gasteiger charge is 2.41. The Labute approximate surface area is 109 Å². The van der Waals surface area contributed by atoms with Gasteiger partial charge in [-0.2, -0.15) is 0 Å². The summed E-state index contributed by atoms with van der Waals surface area (Å²) in [6.07, 6.45) is 9.32. The highest BCUT2D eigenvalue weighted by atomic mass is 16.3. The molecule has 2 saturated carbocycles. The molecule has 2 aliphatic carbocycles. The zero-order valence-corrected chi connectivity index (χ0v) is 11.1. The van der Waals surface area contributed by atoms with Gasteiger partial charge in [0.25, 0.3) is 0 Å². The molecule has 2 fully saturated rings. The third kappa shape index (κ3) is 2.05. The van der Waals surface area contributed by atoms with Crippen molar-refractivity contribution in [1.82, 2.24) is 9.97 Å². The van der Waals surface area contributed by atoms with Crippen LogP contribution < -0.4 is 0 Å². The molecule has 0 aromatic carbocycles. The number of nitrogens with zero attached hydrogens (tertiary/aromatic N) is 2. The first-order valence-electron chi connectivity index (χ1n) is 7.27. The smallest absolute Gasteiger partial charge is 0.131 e. The predicted molar refractivity (Wildman–Crippen MR) is 70.1 cm³/mol. The Morgan fingerprint density at radius 3 is 2.83 bits per heavy atom. The molecule has 0 aliphatic heterocycles. The van der Waals surface area contributed by atoms with Crippen LogP contribution in [0, 0.1) is 11.8 Å². The maximum Gasteiger partial charge on any atom is 0.131 e. The lowest BCUT2D eigenvalue weighted by Gasteiger charge is -2.21. The lowest BCUT2D eigenvalue weighted by molar-refractivity contribution is 0.279. The van der Waals surface area contributed by atoms with Gasteiger partial charge in [-0.1, -0.05) is 19.8 Å². The largest absolute Gasteiger partial charge is 0.392 e. The SMILES string of the molecule is CCCc1nc(C2CC3CCC2C3)ncc1CO. The van der Waals surface area contributed by atoms with E-state index in [0.29, 0.717) is 5.92 Å². The second kappa shape index (κ2) is 4.96. The summed E-state index contributed by atoms with van der Waals surface area (Å²) in [7, 11) is 0. The monoisotopic (exact) mass is 246 g/mol. The molecule has 3 nitrogen and oxygen atoms in total. The van der Waals surface area contributed by atoms with Gasteiger partial charge in [-0.3, -0.25) is 0 Å². The summed E-state index contributed by atoms with van der Waals surface area (Å²) < 4.78 is 0. The molecule has 3 unspecified atom stereocenters. The summed E-state index contributed by atoms with van der Waals surface area (Å²) >= 11 is 0. The van der Waals surface area contributed by atoms with Crippen LogP contribution in [0.2, 0.25) is 0 Å². The number of hydrogen-bond acceptors (Lipinski definition) is 3. The molecule has 0 amide bonds. The molecule has 1 aromatic rings. The molecule has 3 heteroatoms. The van der Waals surface area contributed by atoms with Gasteiger partial charge in [-0.05, 0) is 37.5 Å². The Morgan fingerprint density at radius 1 is 1.33 bits per heavy atom. The van der Waals surface area contributed by atoms with Crippen molar-refractivity contribution in [3.8, 4) is 0 Å². The predicted octanol–water partition coefficient (Wildman–Crippen LogP) is 2.83. The van der Waals surface area contributed by atoms with Crippen LogP contribution >= 0.6 is 0 Å². The van der Waals surface area contributed by atoms with Crippen LogP contribution in [0.1, 0.15) is 62.0 Å². The van der Waals surface area contributed by atoms with Crippen molar-refractivity contribution in [1.29, 1.82) is 0 Å². The maximum atomic E-state index is 9.33. The summed E-state index contributed by atoms with van der Waals surface area (Å²) in [5, 5.41) is 9.33. The van der Waals surface area contributed by atoms with Crippen LogP contribution in [0.5, 0.6) is 0 Å². The molecule has 3 rings (SSSR count). The lowest BCUT2D eigenvalue weighted by Crippen LogP contribution is -2.14. The number of rotatable bonds is 4. The van der Waals surface area contributed by atoms with Gasteiger partial charge in [-0.15, -0.1) is 0 Å². The molecule has 98 valence electrons. The number of aliphatic hydroxyl groups is 1. The molecule has 1 aromatic heterocycles. The van der Waals surface area contributed by atoms with E-state index in [1.54, 1.807) is 0 Å². The van der Waals surface area contributed by atoms with Crippen molar-refractivity contribution in [2.45, 2.75) is 58.0 Å². The second-order valence-electron chi connectivity index (χ2n) is 5.89. The first kappa shape index (κ1) is 12.1. The van der Waals surface area contributed by atoms with Crippen molar-refractivity contribution in [3.05, 3.63) is 23.3 Å². The molecule has 1 N–H and O–H groups in total. The van der Waals surface area contributed by atoms with Gasteiger partial charge in [0.15, 0.2) is 0 Å². The van der Waals surface area contributed by atoms with E-state index < -0.39 is 0 Å². The molecule has 0 spiro atoms. The highest BCUT2D eigenvalue weighted by molar-refractivity contribution is 5.19. The molecule has 0 saturated heterocycles. The van der Waals surface area contributed by atoms with Crippen molar-refractivity contribution in [2.24, 2.45) is 11.8 Å². The average molecular weight is 246 g/mol. The molecule has 1 heterocycles. The Bertz CT molecular complexity index is 433. The van der Waals surface area contributed by atoms with Crippen LogP contribution in [0.3, 0.4) is 0 Å². The van der Waals surface area contributed by atoms with Gasteiger partial charge < -0.3 is 5.11 Å². The van der Waals surface area contributed by atoms with Crippen molar-refractivity contribution in [3.63, 3.8) is 0 Å². The number of aryl methyl sites for hydroxylation is 1. The minimum absolute atomic E-state index is 0.0618. The van der Waals surface area contributed by atoms with Crippen molar-refractivity contribution >= 4 is 0 Å². The minimum Gasteiger partial charge on any atom is -0.392 e. The van der Waals surface area contributed by atoms with E-state index in [9.17, 15) is 5.11 Å². The van der Waals surface area contributed by atoms with Gasteiger partial charge in [0.2, 0.25) is 0 Å². The van der Waals surface area contributed by atoms with E-state index in [0.717, 1.165) is 41.8 Å². The summed E-state index contributed by atoms with van der Waals surface area (Å²) in [6, 6.07) is 0. The van der Waals surface area contributed by atoms with E-state index >= 15 is 0 Å². The van der Waals surface area contributed by atoms with Crippen molar-refractivity contribution in [2.75, 3.05) is 0 Å². The Balaban J connectivity index is 1.86. The molecule has 18 heavy (non-hydrogen) atoms. The van der Waals surface area contributed by atoms with Gasteiger partial charge in [0.05, 0.1) is 6.61 Å². The first-order valence-corrected chi connectivity index (χ1v) is 7.27. The Morgan fingerprint density at radius 2 is 2.22 bits per heavy atom. The fourth-order valence-electron chi connectivity index (χ4n) is 3.78. The number of aromatic nitrogens is 2. The molecule has 2 aliphatic rings. The van der Waals surface area contributed by atoms with E-state index in [2.05, 4.69) is 11.9 Å². The molecule has 3 atom stereocenters. The Kier molecular flexibility index (Phi) is 3.33. The fraction of sp³-hybridized carbons (Fsp3) is 0.733. The van der Waals surface area contributed by atoms with Crippen LogP contribution in [0.25, 0.3) is 0 Å². The number of hydrogen-bond donors (Lipinski definition) is 1. The normalized spacial score (nSPS) is 30.0. The van der Waals surface area contributed by atoms with Crippen LogP contribution in [-0.2, 0) is 13.0 Å². The van der Waals surface area contributed by atoms with E-state index in [-0.39, 0.29) is 6.61 Å². The average Bonchev–Trinajstić information content (AvgIpc) is 3.01. The summed E-state index contributed by atoms with van der Waals surface area (Å²) in [5.74, 6) is 3.38. The van der Waals surface area contributed by atoms with E-state index in [1.165, 1.54) is 25.7 Å². The zero-order chi connectivity index (χ0) is 12.5. The third-order valence-corrected chi connectivity index (χ3v) is 4.70. The van der Waals surface area contributed by atoms with Crippen LogP contribution in [0.4, 0.5) is 0 Å². The zero-order valence-electron chi connectivity index (χ0n) is 11.1. The summed E-state index contributed by atoms with van der Waals surface area (Å²) in [4.78, 5) is 9.28. The van der Waals surface area contributed by atoms with Gasteiger partial charge >= 0.3 is 0 Å². The van der Waals surface area contributed by atoms with Gasteiger partial charge in [0.1, 0.15) is 5.82 Å². The standard InChI is InChI=1S/C15H22N2O/c1-2-3-14-12(9-18)8-16-15(17-14)13-7-10-4-5-11(13)6-10/h8,10-11,13,18H,2-7,9H2,1H3. The summed E-state index contributed by atoms with van der Waals surface area (Å²) in [5.41, 5.74) is 1.97. The van der Waals surface area contributed by atoms with Crippen molar-refractivity contribution < 1.29 is 5.11 Å². The van der Waals surface area contributed by atoms with E-state index in [1.807, 2.05) is 6.20 Å². The second-order valence-corrected chi connectivity index (χ2v) is 5.89. The number of aliphatic hydroxyl groups excluding tert-OH is 1. The minimum atomic E-state index is 0.0618. The Hall–Kier alpha value is -0.960. The third-order valence-electron chi connectivity index (χ3n) is 4.70. The van der Waals surface area contributed by atoms with Gasteiger partial charge in [-0.25, -0.2) is 9.97 Å². The number of fused-ring (bicyclic) bond motifs is 2. The van der Waals surface area contributed by atoms with Gasteiger partial charge in [0, 0.05) is 23.4 Å². The topological polar surface area (TPSA) is 46.0 Å². The highest BCUT2D eigenvalue weighted by Crippen LogP contribution is 2.52. The summed E-state index contributed by atoms with van der Waals surface area (Å²) in [6.45, 7) is 2.22. The quantitative estimate of drug-likeness (QED) is 0.888. The first-order chi connectivity index (χ1) is 8.81. The molecular formula is C15H22N2O. The fourth-order valence-corrected chi connectivity index (χ4v) is 3.78.